The number of nitrogens with one attached hydrogen (secondary N) is 1. The summed E-state index contributed by atoms with van der Waals surface area (Å²) < 4.78 is 5.50. The van der Waals surface area contributed by atoms with E-state index in [0.717, 1.165) is 33.9 Å². The highest BCUT2D eigenvalue weighted by Crippen LogP contribution is 2.59. The van der Waals surface area contributed by atoms with Crippen molar-refractivity contribution >= 4 is 34.4 Å². The zero-order chi connectivity index (χ0) is 27.9. The highest BCUT2D eigenvalue weighted by molar-refractivity contribution is 7.80. The van der Waals surface area contributed by atoms with Gasteiger partial charge >= 0.3 is 0 Å². The standard InChI is InChI=1S/C34H28N5OS/c1-40-31-24-22-29(23-25-31)38-32(41)37(28-18-10-4-11-19-28)33(26-14-6-2-7-15-26)34(38,27-16-8-3-9-17-27)36-39(35-33)30-20-12-5-13-21-30/h2-25H,1H3,(H,35,36)/q+1/t33-,34+/m0/s1. The van der Waals surface area contributed by atoms with Crippen LogP contribution in [0.5, 0.6) is 5.75 Å². The van der Waals surface area contributed by atoms with E-state index in [9.17, 15) is 0 Å². The highest BCUT2D eigenvalue weighted by atomic mass is 32.1. The number of thiocarbonyl (C=S) groups is 1. The van der Waals surface area contributed by atoms with Gasteiger partial charge in [-0.2, -0.15) is 0 Å². The van der Waals surface area contributed by atoms with Gasteiger partial charge in [0.2, 0.25) is 0 Å². The smallest absolute Gasteiger partial charge is 0.281 e. The first-order chi connectivity index (χ1) is 20.2. The lowest BCUT2D eigenvalue weighted by molar-refractivity contribution is -0.568. The minimum absolute atomic E-state index is 0.623. The van der Waals surface area contributed by atoms with Gasteiger partial charge in [0.1, 0.15) is 5.75 Å². The molecule has 1 fully saturated rings. The van der Waals surface area contributed by atoms with Gasteiger partial charge in [-0.25, -0.2) is 0 Å². The number of fused-ring (bicyclic) bond motifs is 1. The molecule has 1 saturated heterocycles. The summed E-state index contributed by atoms with van der Waals surface area (Å²) in [6.45, 7) is 0. The molecule has 5 aromatic carbocycles. The first-order valence-corrected chi connectivity index (χ1v) is 13.9. The van der Waals surface area contributed by atoms with Crippen LogP contribution in [0.3, 0.4) is 0 Å². The van der Waals surface area contributed by atoms with Crippen LogP contribution in [0.1, 0.15) is 11.1 Å². The minimum atomic E-state index is -1.05. The summed E-state index contributed by atoms with van der Waals surface area (Å²) in [4.78, 5) is 6.28. The molecular weight excluding hydrogens is 526 g/mol. The van der Waals surface area contributed by atoms with E-state index in [1.807, 2.05) is 77.6 Å². The maximum absolute atomic E-state index is 6.44. The van der Waals surface area contributed by atoms with E-state index >= 15 is 0 Å². The fraction of sp³-hybridized carbons (Fsp3) is 0.0882. The number of para-hydroxylation sites is 2. The molecule has 0 bridgehead atoms. The summed E-state index contributed by atoms with van der Waals surface area (Å²) in [7, 11) is 1.67. The molecule has 2 heterocycles. The van der Waals surface area contributed by atoms with Crippen LogP contribution in [-0.2, 0) is 11.3 Å². The lowest BCUT2D eigenvalue weighted by atomic mass is 9.81. The summed E-state index contributed by atoms with van der Waals surface area (Å²) in [6.07, 6.45) is 0. The third-order valence-corrected chi connectivity index (χ3v) is 8.14. The first-order valence-electron chi connectivity index (χ1n) is 13.5. The molecule has 2 atom stereocenters. The molecule has 200 valence electrons. The number of methoxy groups -OCH3 is 1. The lowest BCUT2D eigenvalue weighted by Gasteiger charge is -2.40. The van der Waals surface area contributed by atoms with Crippen molar-refractivity contribution in [2.45, 2.75) is 11.3 Å². The maximum atomic E-state index is 6.44. The molecule has 7 rings (SSSR count). The van der Waals surface area contributed by atoms with Gasteiger partial charge in [0, 0.05) is 44.6 Å². The quantitative estimate of drug-likeness (QED) is 0.176. The third kappa shape index (κ3) is 3.66. The Morgan fingerprint density at radius 3 is 1.73 bits per heavy atom. The Morgan fingerprint density at radius 2 is 1.15 bits per heavy atom. The summed E-state index contributed by atoms with van der Waals surface area (Å²) in [5.41, 5.74) is 6.65. The number of azo groups is 1. The molecule has 0 radical (unpaired) electrons. The lowest BCUT2D eigenvalue weighted by Crippen LogP contribution is -2.61. The van der Waals surface area contributed by atoms with Gasteiger partial charge in [-0.3, -0.25) is 9.80 Å². The van der Waals surface area contributed by atoms with Crippen molar-refractivity contribution in [3.05, 3.63) is 157 Å². The van der Waals surface area contributed by atoms with Crippen molar-refractivity contribution in [1.82, 2.24) is 5.43 Å². The van der Waals surface area contributed by atoms with Crippen LogP contribution in [0, 0.1) is 0 Å². The Hall–Kier alpha value is -5.01. The Balaban J connectivity index is 1.62. The average Bonchev–Trinajstić information content (AvgIpc) is 3.50. The van der Waals surface area contributed by atoms with Crippen molar-refractivity contribution in [1.29, 1.82) is 0 Å². The third-order valence-electron chi connectivity index (χ3n) is 7.77. The van der Waals surface area contributed by atoms with E-state index in [-0.39, 0.29) is 0 Å². The monoisotopic (exact) mass is 554 g/mol. The Labute approximate surface area is 244 Å². The van der Waals surface area contributed by atoms with Crippen molar-refractivity contribution in [2.75, 3.05) is 16.9 Å². The second kappa shape index (κ2) is 9.87. The first kappa shape index (κ1) is 25.0. The number of rotatable bonds is 6. The van der Waals surface area contributed by atoms with Crippen molar-refractivity contribution < 1.29 is 9.54 Å². The largest absolute Gasteiger partial charge is 0.497 e. The second-order valence-electron chi connectivity index (χ2n) is 9.96. The summed E-state index contributed by atoms with van der Waals surface area (Å²) in [5.74, 6) is 0.772. The number of anilines is 2. The van der Waals surface area contributed by atoms with Gasteiger partial charge in [-0.15, -0.1) is 5.43 Å². The fourth-order valence-electron chi connectivity index (χ4n) is 6.01. The summed E-state index contributed by atoms with van der Waals surface area (Å²) in [5, 5.41) is 6.21. The Morgan fingerprint density at radius 1 is 0.634 bits per heavy atom. The molecule has 0 aromatic heterocycles. The molecule has 1 N–H and O–H groups in total. The molecule has 0 saturated carbocycles. The zero-order valence-electron chi connectivity index (χ0n) is 22.5. The van der Waals surface area contributed by atoms with Crippen LogP contribution in [0.4, 0.5) is 17.1 Å². The van der Waals surface area contributed by atoms with E-state index in [1.54, 1.807) is 7.11 Å². The van der Waals surface area contributed by atoms with Gasteiger partial charge < -0.3 is 4.74 Å². The van der Waals surface area contributed by atoms with Crippen LogP contribution < -0.4 is 20.0 Å². The van der Waals surface area contributed by atoms with Crippen molar-refractivity contribution in [2.24, 2.45) is 5.11 Å². The van der Waals surface area contributed by atoms with E-state index < -0.39 is 11.3 Å². The Kier molecular flexibility index (Phi) is 6.02. The van der Waals surface area contributed by atoms with Crippen LogP contribution in [0.2, 0.25) is 0 Å². The minimum Gasteiger partial charge on any atom is -0.497 e. The van der Waals surface area contributed by atoms with Gasteiger partial charge in [-0.05, 0) is 48.6 Å². The molecule has 7 heteroatoms. The normalized spacial score (nSPS) is 21.3. The van der Waals surface area contributed by atoms with Crippen LogP contribution in [-0.4, -0.2) is 17.0 Å². The number of nitrogens with zero attached hydrogens (tertiary/aromatic N) is 4. The average molecular weight is 555 g/mol. The van der Waals surface area contributed by atoms with Gasteiger partial charge in [-0.1, -0.05) is 97.1 Å². The molecule has 0 spiro atoms. The van der Waals surface area contributed by atoms with E-state index in [0.29, 0.717) is 5.11 Å². The van der Waals surface area contributed by atoms with Gasteiger partial charge in [0.05, 0.1) is 7.11 Å². The molecule has 2 aliphatic rings. The number of hydrogen-bond acceptors (Lipinski definition) is 4. The summed E-state index contributed by atoms with van der Waals surface area (Å²) >= 11 is 6.44. The maximum Gasteiger partial charge on any atom is 0.281 e. The Bertz CT molecular complexity index is 1720. The highest BCUT2D eigenvalue weighted by Gasteiger charge is 2.77. The molecule has 0 amide bonds. The molecule has 2 aliphatic heterocycles. The van der Waals surface area contributed by atoms with Crippen LogP contribution in [0.15, 0.2) is 151 Å². The zero-order valence-corrected chi connectivity index (χ0v) is 23.3. The molecule has 0 aliphatic carbocycles. The van der Waals surface area contributed by atoms with Crippen LogP contribution in [0.25, 0.3) is 0 Å². The summed E-state index contributed by atoms with van der Waals surface area (Å²) in [6, 6.07) is 49.3. The van der Waals surface area contributed by atoms with Gasteiger partial charge in [0.15, 0.2) is 5.11 Å². The number of ether oxygens (including phenoxy) is 1. The molecule has 5 aromatic rings. The van der Waals surface area contributed by atoms with Gasteiger partial charge in [0.25, 0.3) is 17.0 Å². The number of hydrazine groups is 1. The fourth-order valence-corrected chi connectivity index (χ4v) is 6.49. The van der Waals surface area contributed by atoms with Crippen molar-refractivity contribution in [3.63, 3.8) is 0 Å². The van der Waals surface area contributed by atoms with E-state index in [2.05, 4.69) is 88.0 Å². The van der Waals surface area contributed by atoms with E-state index in [4.69, 9.17) is 22.1 Å². The number of hydrogen-bond donors (Lipinski definition) is 1. The van der Waals surface area contributed by atoms with Crippen LogP contribution >= 0.6 is 12.2 Å². The molecule has 6 nitrogen and oxygen atoms in total. The SMILES string of the molecule is COc1ccc(N2C(=S)N(c3ccccc3)[C@]3(c4ccccc4)N[N+](c4ccccc4)=N[C@]23c2ccccc2)cc1. The molecule has 0 unspecified atom stereocenters. The van der Waals surface area contributed by atoms with Crippen molar-refractivity contribution in [3.8, 4) is 5.75 Å². The van der Waals surface area contributed by atoms with E-state index in [1.165, 1.54) is 0 Å². The topological polar surface area (TPSA) is 43.1 Å². The second-order valence-corrected chi connectivity index (χ2v) is 10.3. The molecule has 41 heavy (non-hydrogen) atoms. The predicted octanol–water partition coefficient (Wildman–Crippen LogP) is 7.33. The number of benzene rings is 5. The molecular formula is C34H28N5OS+. The predicted molar refractivity (Wildman–Crippen MR) is 165 cm³/mol.